The molecule has 2 unspecified atom stereocenters. The highest BCUT2D eigenvalue weighted by atomic mass is 16.7. The second-order valence-corrected chi connectivity index (χ2v) is 7.40. The number of hydrogen-bond acceptors (Lipinski definition) is 6. The maximum Gasteiger partial charge on any atom is 0.508 e. The van der Waals surface area contributed by atoms with Gasteiger partial charge in [-0.3, -0.25) is 0 Å². The van der Waals surface area contributed by atoms with E-state index in [1.807, 2.05) is 91.0 Å². The van der Waals surface area contributed by atoms with Gasteiger partial charge in [0.2, 0.25) is 0 Å². The third-order valence-electron chi connectivity index (χ3n) is 4.85. The van der Waals surface area contributed by atoms with E-state index in [1.165, 1.54) is 0 Å². The van der Waals surface area contributed by atoms with Gasteiger partial charge in [-0.2, -0.15) is 0 Å². The zero-order chi connectivity index (χ0) is 23.3. The summed E-state index contributed by atoms with van der Waals surface area (Å²) in [5.74, 6) is 0. The van der Waals surface area contributed by atoms with Gasteiger partial charge in [0.25, 0.3) is 0 Å². The summed E-state index contributed by atoms with van der Waals surface area (Å²) in [6, 6.07) is 27.1. The first-order chi connectivity index (χ1) is 16.1. The van der Waals surface area contributed by atoms with Gasteiger partial charge in [-0.15, -0.1) is 0 Å². The topological polar surface area (TPSA) is 94.1 Å². The number of nitrogens with one attached hydrogen (secondary N) is 1. The maximum atomic E-state index is 12.3. The molecule has 7 nitrogen and oxygen atoms in total. The molecule has 0 aromatic heterocycles. The van der Waals surface area contributed by atoms with E-state index >= 15 is 0 Å². The summed E-state index contributed by atoms with van der Waals surface area (Å²) >= 11 is 0. The minimum absolute atomic E-state index is 0.0628. The molecule has 2 N–H and O–H groups in total. The van der Waals surface area contributed by atoms with Crippen molar-refractivity contribution in [1.82, 2.24) is 5.32 Å². The van der Waals surface area contributed by atoms with Gasteiger partial charge in [-0.05, 0) is 23.1 Å². The van der Waals surface area contributed by atoms with Crippen LogP contribution >= 0.6 is 0 Å². The second kappa shape index (κ2) is 12.9. The quantitative estimate of drug-likeness (QED) is 0.450. The molecule has 0 aliphatic rings. The molecule has 0 radical (unpaired) electrons. The van der Waals surface area contributed by atoms with Crippen molar-refractivity contribution in [2.24, 2.45) is 0 Å². The first-order valence-corrected chi connectivity index (χ1v) is 10.6. The number of rotatable bonds is 10. The number of hydrogen-bond donors (Lipinski definition) is 2. The van der Waals surface area contributed by atoms with E-state index in [0.717, 1.165) is 16.7 Å². The van der Waals surface area contributed by atoms with Crippen LogP contribution in [0.4, 0.5) is 9.59 Å². The number of amides is 1. The summed E-state index contributed by atoms with van der Waals surface area (Å²) < 4.78 is 15.4. The predicted molar refractivity (Wildman–Crippen MR) is 122 cm³/mol. The average molecular weight is 450 g/mol. The molecular weight excluding hydrogens is 422 g/mol. The van der Waals surface area contributed by atoms with Crippen molar-refractivity contribution in [3.8, 4) is 0 Å². The largest absolute Gasteiger partial charge is 0.508 e. The van der Waals surface area contributed by atoms with Crippen molar-refractivity contribution >= 4 is 12.2 Å². The van der Waals surface area contributed by atoms with Crippen molar-refractivity contribution in [3.05, 3.63) is 108 Å². The molecule has 0 aliphatic heterocycles. The average Bonchev–Trinajstić information content (AvgIpc) is 2.86. The molecule has 0 saturated carbocycles. The third kappa shape index (κ3) is 8.66. The lowest BCUT2D eigenvalue weighted by molar-refractivity contribution is 0.00392. The fourth-order valence-corrected chi connectivity index (χ4v) is 3.10. The van der Waals surface area contributed by atoms with Crippen LogP contribution in [0.15, 0.2) is 91.0 Å². The Hall–Kier alpha value is -3.84. The summed E-state index contributed by atoms with van der Waals surface area (Å²) in [5, 5.41) is 13.3. The van der Waals surface area contributed by atoms with E-state index in [-0.39, 0.29) is 19.8 Å². The molecule has 1 amide bonds. The SMILES string of the molecule is O=C(NC(Cc1ccccc1)C(O)COC(=O)OCc1ccccc1)OCc1ccccc1. The molecule has 33 heavy (non-hydrogen) atoms. The van der Waals surface area contributed by atoms with Gasteiger partial charge in [0.1, 0.15) is 25.9 Å². The maximum absolute atomic E-state index is 12.3. The Morgan fingerprint density at radius 1 is 0.697 bits per heavy atom. The van der Waals surface area contributed by atoms with Crippen LogP contribution in [0.2, 0.25) is 0 Å². The van der Waals surface area contributed by atoms with Gasteiger partial charge in [0.15, 0.2) is 0 Å². The van der Waals surface area contributed by atoms with Crippen LogP contribution in [0.25, 0.3) is 0 Å². The van der Waals surface area contributed by atoms with E-state index < -0.39 is 24.4 Å². The summed E-state index contributed by atoms with van der Waals surface area (Å²) in [6.07, 6.45) is -2.42. The molecule has 172 valence electrons. The van der Waals surface area contributed by atoms with Crippen LogP contribution in [0, 0.1) is 0 Å². The van der Waals surface area contributed by atoms with Gasteiger partial charge in [0, 0.05) is 0 Å². The highest BCUT2D eigenvalue weighted by molar-refractivity contribution is 5.67. The van der Waals surface area contributed by atoms with Crippen LogP contribution in [0.3, 0.4) is 0 Å². The van der Waals surface area contributed by atoms with Crippen LogP contribution in [-0.4, -0.2) is 36.1 Å². The Bertz CT molecular complexity index is 981. The molecule has 0 bridgehead atoms. The number of alkyl carbamates (subject to hydrolysis) is 1. The van der Waals surface area contributed by atoms with Gasteiger partial charge < -0.3 is 24.6 Å². The second-order valence-electron chi connectivity index (χ2n) is 7.40. The highest BCUT2D eigenvalue weighted by Crippen LogP contribution is 2.09. The summed E-state index contributed by atoms with van der Waals surface area (Å²) in [4.78, 5) is 24.3. The third-order valence-corrected chi connectivity index (χ3v) is 4.85. The van der Waals surface area contributed by atoms with Crippen molar-refractivity contribution in [3.63, 3.8) is 0 Å². The molecular formula is C26H27NO6. The predicted octanol–water partition coefficient (Wildman–Crippen LogP) is 4.24. The van der Waals surface area contributed by atoms with Crippen LogP contribution < -0.4 is 5.32 Å². The van der Waals surface area contributed by atoms with Crippen molar-refractivity contribution in [1.29, 1.82) is 0 Å². The Kier molecular flexibility index (Phi) is 9.29. The molecule has 3 rings (SSSR count). The fourth-order valence-electron chi connectivity index (χ4n) is 3.10. The molecule has 3 aromatic rings. The number of aliphatic hydroxyl groups is 1. The smallest absolute Gasteiger partial charge is 0.445 e. The molecule has 0 heterocycles. The summed E-state index contributed by atoms with van der Waals surface area (Å²) in [6.45, 7) is -0.180. The van der Waals surface area contributed by atoms with E-state index in [0.29, 0.717) is 6.42 Å². The zero-order valence-corrected chi connectivity index (χ0v) is 18.1. The lowest BCUT2D eigenvalue weighted by Crippen LogP contribution is -2.47. The van der Waals surface area contributed by atoms with Crippen LogP contribution in [0.5, 0.6) is 0 Å². The normalized spacial score (nSPS) is 12.3. The lowest BCUT2D eigenvalue weighted by atomic mass is 10.0. The van der Waals surface area contributed by atoms with Crippen LogP contribution in [-0.2, 0) is 33.8 Å². The fraction of sp³-hybridized carbons (Fsp3) is 0.231. The van der Waals surface area contributed by atoms with Crippen LogP contribution in [0.1, 0.15) is 16.7 Å². The van der Waals surface area contributed by atoms with Crippen molar-refractivity contribution in [2.75, 3.05) is 6.61 Å². The van der Waals surface area contributed by atoms with E-state index in [4.69, 9.17) is 14.2 Å². The number of carbonyl (C=O) groups is 2. The van der Waals surface area contributed by atoms with Crippen molar-refractivity contribution in [2.45, 2.75) is 31.8 Å². The first kappa shape index (κ1) is 23.8. The number of benzene rings is 3. The number of aliphatic hydroxyl groups excluding tert-OH is 1. The summed E-state index contributed by atoms with van der Waals surface area (Å²) in [7, 11) is 0. The van der Waals surface area contributed by atoms with Gasteiger partial charge in [-0.1, -0.05) is 91.0 Å². The highest BCUT2D eigenvalue weighted by Gasteiger charge is 2.24. The van der Waals surface area contributed by atoms with Crippen molar-refractivity contribution < 1.29 is 28.9 Å². The minimum atomic E-state index is -1.17. The Morgan fingerprint density at radius 2 is 1.18 bits per heavy atom. The molecule has 0 aliphatic carbocycles. The lowest BCUT2D eigenvalue weighted by Gasteiger charge is -2.24. The van der Waals surface area contributed by atoms with Gasteiger partial charge in [-0.25, -0.2) is 9.59 Å². The molecule has 3 aromatic carbocycles. The van der Waals surface area contributed by atoms with Gasteiger partial charge >= 0.3 is 12.2 Å². The number of carbonyl (C=O) groups excluding carboxylic acids is 2. The van der Waals surface area contributed by atoms with E-state index in [9.17, 15) is 14.7 Å². The Morgan fingerprint density at radius 3 is 1.73 bits per heavy atom. The monoisotopic (exact) mass is 449 g/mol. The Labute approximate surface area is 192 Å². The minimum Gasteiger partial charge on any atom is -0.445 e. The van der Waals surface area contributed by atoms with E-state index in [1.54, 1.807) is 0 Å². The number of ether oxygens (including phenoxy) is 3. The molecule has 0 spiro atoms. The summed E-state index contributed by atoms with van der Waals surface area (Å²) in [5.41, 5.74) is 2.56. The molecule has 0 fully saturated rings. The standard InChI is InChI=1S/C26H27NO6/c28-24(19-33-26(30)32-18-22-14-8-3-9-15-22)23(16-20-10-4-1-5-11-20)27-25(29)31-17-21-12-6-2-7-13-21/h1-15,23-24,28H,16-19H2,(H,27,29). The zero-order valence-electron chi connectivity index (χ0n) is 18.1. The first-order valence-electron chi connectivity index (χ1n) is 10.6. The molecule has 0 saturated heterocycles. The Balaban J connectivity index is 1.52. The van der Waals surface area contributed by atoms with Gasteiger partial charge in [0.05, 0.1) is 6.04 Å². The molecule has 7 heteroatoms. The van der Waals surface area contributed by atoms with E-state index in [2.05, 4.69) is 5.32 Å². The molecule has 2 atom stereocenters.